The van der Waals surface area contributed by atoms with E-state index >= 15 is 0 Å². The van der Waals surface area contributed by atoms with Crippen molar-refractivity contribution in [2.75, 3.05) is 27.4 Å². The Kier molecular flexibility index (Phi) is 6.18. The van der Waals surface area contributed by atoms with Crippen molar-refractivity contribution in [1.29, 1.82) is 0 Å². The second kappa shape index (κ2) is 7.68. The Hall–Kier alpha value is -1.59. The van der Waals surface area contributed by atoms with E-state index in [9.17, 15) is 4.79 Å². The molecule has 0 aliphatic rings. The molecule has 0 spiro atoms. The van der Waals surface area contributed by atoms with Crippen LogP contribution in [0, 0.1) is 0 Å². The van der Waals surface area contributed by atoms with Gasteiger partial charge in [0.25, 0.3) is 5.91 Å². The fourth-order valence-electron chi connectivity index (χ4n) is 1.43. The number of carbonyl (C=O) groups is 1. The Balaban J connectivity index is 2.58. The predicted octanol–water partition coefficient (Wildman–Crippen LogP) is 1.43. The zero-order valence-corrected chi connectivity index (χ0v) is 10.9. The van der Waals surface area contributed by atoms with Crippen molar-refractivity contribution in [2.24, 2.45) is 0 Å². The molecule has 0 unspecified atom stereocenters. The highest BCUT2D eigenvalue weighted by Crippen LogP contribution is 2.13. The first-order chi connectivity index (χ1) is 8.71. The number of carbonyl (C=O) groups excluding carboxylic acids is 1. The molecule has 1 aromatic carbocycles. The number of amides is 1. The molecule has 100 valence electrons. The molecule has 1 aromatic rings. The quantitative estimate of drug-likeness (QED) is 0.747. The number of rotatable bonds is 7. The lowest BCUT2D eigenvalue weighted by Crippen LogP contribution is -2.34. The first-order valence-electron chi connectivity index (χ1n) is 5.78. The molecule has 1 rings (SSSR count). The van der Waals surface area contributed by atoms with Gasteiger partial charge < -0.3 is 19.5 Å². The lowest BCUT2D eigenvalue weighted by Gasteiger charge is -2.14. The molecule has 0 saturated heterocycles. The van der Waals surface area contributed by atoms with Crippen LogP contribution in [0.1, 0.15) is 17.3 Å². The minimum atomic E-state index is -0.441. The number of ether oxygens (including phenoxy) is 3. The van der Waals surface area contributed by atoms with E-state index in [0.29, 0.717) is 24.5 Å². The Morgan fingerprint density at radius 3 is 2.67 bits per heavy atom. The normalized spacial score (nSPS) is 10.4. The summed E-state index contributed by atoms with van der Waals surface area (Å²) in [6, 6.07) is 7.03. The summed E-state index contributed by atoms with van der Waals surface area (Å²) in [5.41, 5.74) is 0.548. The molecule has 0 aliphatic heterocycles. The highest BCUT2D eigenvalue weighted by atomic mass is 16.7. The van der Waals surface area contributed by atoms with E-state index in [1.807, 2.05) is 13.0 Å². The predicted molar refractivity (Wildman–Crippen MR) is 67.8 cm³/mol. The van der Waals surface area contributed by atoms with Gasteiger partial charge in [0.15, 0.2) is 6.29 Å². The van der Waals surface area contributed by atoms with Gasteiger partial charge in [-0.3, -0.25) is 4.79 Å². The van der Waals surface area contributed by atoms with Gasteiger partial charge in [-0.05, 0) is 25.1 Å². The van der Waals surface area contributed by atoms with E-state index in [0.717, 1.165) is 0 Å². The van der Waals surface area contributed by atoms with Gasteiger partial charge in [-0.1, -0.05) is 6.07 Å². The molecule has 0 atom stereocenters. The SMILES string of the molecule is CCOc1cccc(C(=O)NCC(OC)OC)c1. The van der Waals surface area contributed by atoms with Gasteiger partial charge in [0, 0.05) is 19.8 Å². The molecular formula is C13H19NO4. The monoisotopic (exact) mass is 253 g/mol. The zero-order valence-electron chi connectivity index (χ0n) is 10.9. The standard InChI is InChI=1S/C13H19NO4/c1-4-18-11-7-5-6-10(8-11)13(15)14-9-12(16-2)17-3/h5-8,12H,4,9H2,1-3H3,(H,14,15). The lowest BCUT2D eigenvalue weighted by atomic mass is 10.2. The van der Waals surface area contributed by atoms with Crippen LogP contribution in [-0.4, -0.2) is 39.6 Å². The van der Waals surface area contributed by atoms with Crippen molar-refractivity contribution in [3.8, 4) is 5.75 Å². The second-order valence-electron chi connectivity index (χ2n) is 3.57. The van der Waals surface area contributed by atoms with Crippen molar-refractivity contribution in [3.63, 3.8) is 0 Å². The van der Waals surface area contributed by atoms with E-state index in [4.69, 9.17) is 14.2 Å². The first kappa shape index (κ1) is 14.5. The molecule has 1 N–H and O–H groups in total. The van der Waals surface area contributed by atoms with Gasteiger partial charge in [0.2, 0.25) is 0 Å². The van der Waals surface area contributed by atoms with Crippen molar-refractivity contribution >= 4 is 5.91 Å². The first-order valence-corrected chi connectivity index (χ1v) is 5.78. The molecule has 5 heteroatoms. The second-order valence-corrected chi connectivity index (χ2v) is 3.57. The van der Waals surface area contributed by atoms with Crippen LogP contribution in [0.15, 0.2) is 24.3 Å². The van der Waals surface area contributed by atoms with Gasteiger partial charge >= 0.3 is 0 Å². The largest absolute Gasteiger partial charge is 0.494 e. The van der Waals surface area contributed by atoms with Crippen molar-refractivity contribution in [2.45, 2.75) is 13.2 Å². The fourth-order valence-corrected chi connectivity index (χ4v) is 1.43. The van der Waals surface area contributed by atoms with E-state index in [-0.39, 0.29) is 5.91 Å². The third kappa shape index (κ3) is 4.35. The zero-order chi connectivity index (χ0) is 13.4. The number of hydrogen-bond acceptors (Lipinski definition) is 4. The molecule has 0 aromatic heterocycles. The summed E-state index contributed by atoms with van der Waals surface area (Å²) in [6.45, 7) is 2.76. The molecule has 18 heavy (non-hydrogen) atoms. The third-order valence-corrected chi connectivity index (χ3v) is 2.36. The molecule has 0 bridgehead atoms. The molecule has 0 aliphatic carbocycles. The summed E-state index contributed by atoms with van der Waals surface area (Å²) >= 11 is 0. The van der Waals surface area contributed by atoms with Crippen LogP contribution < -0.4 is 10.1 Å². The lowest BCUT2D eigenvalue weighted by molar-refractivity contribution is -0.0974. The summed E-state index contributed by atoms with van der Waals surface area (Å²) in [6.07, 6.45) is -0.441. The van der Waals surface area contributed by atoms with Gasteiger partial charge in [-0.15, -0.1) is 0 Å². The van der Waals surface area contributed by atoms with Crippen LogP contribution in [0.25, 0.3) is 0 Å². The van der Waals surface area contributed by atoms with Crippen LogP contribution in [-0.2, 0) is 9.47 Å². The molecule has 0 fully saturated rings. The minimum absolute atomic E-state index is 0.185. The van der Waals surface area contributed by atoms with E-state index < -0.39 is 6.29 Å². The van der Waals surface area contributed by atoms with Gasteiger partial charge in [0.05, 0.1) is 13.2 Å². The summed E-state index contributed by atoms with van der Waals surface area (Å²) in [5, 5.41) is 2.73. The van der Waals surface area contributed by atoms with Crippen molar-refractivity contribution in [1.82, 2.24) is 5.32 Å². The maximum atomic E-state index is 11.9. The molecule has 0 radical (unpaired) electrons. The smallest absolute Gasteiger partial charge is 0.251 e. The number of hydrogen-bond donors (Lipinski definition) is 1. The van der Waals surface area contributed by atoms with E-state index in [1.165, 1.54) is 14.2 Å². The van der Waals surface area contributed by atoms with Crippen molar-refractivity contribution in [3.05, 3.63) is 29.8 Å². The van der Waals surface area contributed by atoms with Crippen LogP contribution in [0.5, 0.6) is 5.75 Å². The highest BCUT2D eigenvalue weighted by Gasteiger charge is 2.10. The summed E-state index contributed by atoms with van der Waals surface area (Å²) in [4.78, 5) is 11.9. The van der Waals surface area contributed by atoms with Crippen LogP contribution in [0.4, 0.5) is 0 Å². The van der Waals surface area contributed by atoms with Crippen LogP contribution >= 0.6 is 0 Å². The highest BCUT2D eigenvalue weighted by molar-refractivity contribution is 5.94. The topological polar surface area (TPSA) is 56.8 Å². The molecular weight excluding hydrogens is 234 g/mol. The Labute approximate surface area is 107 Å². The Morgan fingerprint density at radius 1 is 1.33 bits per heavy atom. The summed E-state index contributed by atoms with van der Waals surface area (Å²) < 4.78 is 15.3. The maximum Gasteiger partial charge on any atom is 0.251 e. The summed E-state index contributed by atoms with van der Waals surface area (Å²) in [5.74, 6) is 0.496. The van der Waals surface area contributed by atoms with Crippen molar-refractivity contribution < 1.29 is 19.0 Å². The molecule has 5 nitrogen and oxygen atoms in total. The third-order valence-electron chi connectivity index (χ3n) is 2.36. The fraction of sp³-hybridized carbons (Fsp3) is 0.462. The Morgan fingerprint density at radius 2 is 2.06 bits per heavy atom. The summed E-state index contributed by atoms with van der Waals surface area (Å²) in [7, 11) is 3.05. The van der Waals surface area contributed by atoms with Crippen LogP contribution in [0.3, 0.4) is 0 Å². The van der Waals surface area contributed by atoms with E-state index in [2.05, 4.69) is 5.32 Å². The van der Waals surface area contributed by atoms with Crippen LogP contribution in [0.2, 0.25) is 0 Å². The number of nitrogens with one attached hydrogen (secondary N) is 1. The maximum absolute atomic E-state index is 11.9. The average molecular weight is 253 g/mol. The molecule has 1 amide bonds. The number of methoxy groups -OCH3 is 2. The Bertz CT molecular complexity index is 377. The molecule has 0 saturated carbocycles. The molecule has 0 heterocycles. The van der Waals surface area contributed by atoms with Gasteiger partial charge in [0.1, 0.15) is 5.75 Å². The minimum Gasteiger partial charge on any atom is -0.494 e. The number of benzene rings is 1. The van der Waals surface area contributed by atoms with E-state index in [1.54, 1.807) is 18.2 Å². The van der Waals surface area contributed by atoms with Gasteiger partial charge in [-0.25, -0.2) is 0 Å². The van der Waals surface area contributed by atoms with Gasteiger partial charge in [-0.2, -0.15) is 0 Å². The average Bonchev–Trinajstić information content (AvgIpc) is 2.40.